The van der Waals surface area contributed by atoms with Crippen LogP contribution in [0.5, 0.6) is 0 Å². The zero-order chi connectivity index (χ0) is 17.5. The molecule has 0 atom stereocenters. The molecule has 0 aliphatic carbocycles. The molecule has 0 aliphatic heterocycles. The van der Waals surface area contributed by atoms with Gasteiger partial charge in [0.2, 0.25) is 0 Å². The van der Waals surface area contributed by atoms with Gasteiger partial charge in [-0.3, -0.25) is 10.9 Å². The first-order valence-corrected chi connectivity index (χ1v) is 8.60. The molecule has 6 heteroatoms. The summed E-state index contributed by atoms with van der Waals surface area (Å²) in [6.45, 7) is 6.21. The van der Waals surface area contributed by atoms with Crippen molar-refractivity contribution in [3.63, 3.8) is 0 Å². The average molecular weight is 359 g/mol. The van der Waals surface area contributed by atoms with Gasteiger partial charge in [0, 0.05) is 11.4 Å². The molecular weight excluding hydrogens is 336 g/mol. The van der Waals surface area contributed by atoms with Crippen molar-refractivity contribution in [1.82, 2.24) is 10.9 Å². The quantitative estimate of drug-likeness (QED) is 0.490. The largest absolute Gasteiger partial charge is 0.331 e. The van der Waals surface area contributed by atoms with Crippen molar-refractivity contribution in [1.29, 1.82) is 0 Å². The second kappa shape index (κ2) is 8.61. The van der Waals surface area contributed by atoms with Gasteiger partial charge in [0.05, 0.1) is 0 Å². The zero-order valence-corrected chi connectivity index (χ0v) is 15.7. The van der Waals surface area contributed by atoms with Crippen LogP contribution in [-0.4, -0.2) is 10.2 Å². The van der Waals surface area contributed by atoms with Crippen LogP contribution in [0.15, 0.2) is 42.5 Å². The zero-order valence-electron chi connectivity index (χ0n) is 14.1. The van der Waals surface area contributed by atoms with Gasteiger partial charge in [-0.25, -0.2) is 0 Å². The molecule has 0 heterocycles. The Kier molecular flexibility index (Phi) is 6.52. The van der Waals surface area contributed by atoms with Crippen LogP contribution in [0.1, 0.15) is 23.6 Å². The minimum absolute atomic E-state index is 0.449. The Morgan fingerprint density at radius 1 is 0.833 bits per heavy atom. The minimum Gasteiger partial charge on any atom is -0.331 e. The number of hydrogen-bond acceptors (Lipinski definition) is 2. The summed E-state index contributed by atoms with van der Waals surface area (Å²) in [7, 11) is 0. The van der Waals surface area contributed by atoms with Crippen LogP contribution >= 0.6 is 24.4 Å². The third-order valence-corrected chi connectivity index (χ3v) is 4.04. The highest BCUT2D eigenvalue weighted by Gasteiger charge is 2.04. The van der Waals surface area contributed by atoms with Crippen molar-refractivity contribution >= 4 is 46.0 Å². The molecule has 2 rings (SSSR count). The number of nitrogens with one attached hydrogen (secondary N) is 4. The van der Waals surface area contributed by atoms with Gasteiger partial charge < -0.3 is 10.6 Å². The lowest BCUT2D eigenvalue weighted by molar-refractivity contribution is 0.885. The van der Waals surface area contributed by atoms with Crippen LogP contribution in [0.4, 0.5) is 11.4 Å². The number of hydrogen-bond donors (Lipinski definition) is 4. The smallest absolute Gasteiger partial charge is 0.189 e. The van der Waals surface area contributed by atoms with Crippen molar-refractivity contribution in [3.8, 4) is 0 Å². The van der Waals surface area contributed by atoms with Crippen LogP contribution < -0.4 is 21.5 Å². The highest BCUT2D eigenvalue weighted by Crippen LogP contribution is 2.19. The van der Waals surface area contributed by atoms with Crippen molar-refractivity contribution in [2.24, 2.45) is 0 Å². The standard InChI is InChI=1S/C18H22N4S2/c1-4-14-8-10-15(11-9-14)19-17(23)21-22-18(24)20-16-12(2)6-5-7-13(16)3/h5-11H,4H2,1-3H3,(H2,19,21,23)(H2,20,22,24). The van der Waals surface area contributed by atoms with Gasteiger partial charge in [-0.05, 0) is 73.5 Å². The lowest BCUT2D eigenvalue weighted by atomic mass is 10.1. The van der Waals surface area contributed by atoms with E-state index in [1.807, 2.05) is 44.2 Å². The molecule has 0 saturated heterocycles. The van der Waals surface area contributed by atoms with E-state index in [-0.39, 0.29) is 0 Å². The number of thiocarbonyl (C=S) groups is 2. The van der Waals surface area contributed by atoms with Crippen LogP contribution in [0.2, 0.25) is 0 Å². The maximum atomic E-state index is 5.30. The molecule has 4 N–H and O–H groups in total. The fourth-order valence-electron chi connectivity index (χ4n) is 2.26. The van der Waals surface area contributed by atoms with Crippen molar-refractivity contribution in [2.75, 3.05) is 10.6 Å². The van der Waals surface area contributed by atoms with E-state index in [0.717, 1.165) is 28.9 Å². The monoisotopic (exact) mass is 358 g/mol. The number of aryl methyl sites for hydroxylation is 3. The summed E-state index contributed by atoms with van der Waals surface area (Å²) in [6.07, 6.45) is 1.02. The molecule has 2 aromatic carbocycles. The molecule has 0 fully saturated rings. The van der Waals surface area contributed by atoms with E-state index in [1.54, 1.807) is 0 Å². The molecule has 126 valence electrons. The van der Waals surface area contributed by atoms with Crippen molar-refractivity contribution < 1.29 is 0 Å². The molecule has 4 nitrogen and oxygen atoms in total. The predicted octanol–water partition coefficient (Wildman–Crippen LogP) is 4.05. The average Bonchev–Trinajstić information content (AvgIpc) is 2.57. The summed E-state index contributed by atoms with van der Waals surface area (Å²) in [4.78, 5) is 0. The third kappa shape index (κ3) is 5.18. The summed E-state index contributed by atoms with van der Waals surface area (Å²) in [5, 5.41) is 7.19. The molecule has 2 aromatic rings. The molecule has 0 saturated carbocycles. The molecular formula is C18H22N4S2. The van der Waals surface area contributed by atoms with Gasteiger partial charge in [-0.2, -0.15) is 0 Å². The van der Waals surface area contributed by atoms with E-state index >= 15 is 0 Å². The van der Waals surface area contributed by atoms with Crippen LogP contribution in [-0.2, 0) is 6.42 Å². The van der Waals surface area contributed by atoms with Crippen molar-refractivity contribution in [3.05, 3.63) is 59.2 Å². The Morgan fingerprint density at radius 3 is 1.92 bits per heavy atom. The van der Waals surface area contributed by atoms with Gasteiger partial charge in [0.25, 0.3) is 0 Å². The van der Waals surface area contributed by atoms with Gasteiger partial charge in [0.1, 0.15) is 0 Å². The minimum atomic E-state index is 0.449. The SMILES string of the molecule is CCc1ccc(NC(=S)NNC(=S)Nc2c(C)cccc2C)cc1. The molecule has 24 heavy (non-hydrogen) atoms. The van der Waals surface area contributed by atoms with Gasteiger partial charge in [-0.15, -0.1) is 0 Å². The first kappa shape index (κ1) is 18.2. The number of hydrazine groups is 1. The Hall–Kier alpha value is -2.18. The lowest BCUT2D eigenvalue weighted by Crippen LogP contribution is -2.45. The van der Waals surface area contributed by atoms with E-state index in [2.05, 4.69) is 40.5 Å². The lowest BCUT2D eigenvalue weighted by Gasteiger charge is -2.16. The van der Waals surface area contributed by atoms with Crippen LogP contribution in [0, 0.1) is 13.8 Å². The maximum Gasteiger partial charge on any atom is 0.189 e. The van der Waals surface area contributed by atoms with Gasteiger partial charge in [0.15, 0.2) is 10.2 Å². The van der Waals surface area contributed by atoms with Crippen LogP contribution in [0.3, 0.4) is 0 Å². The Labute approximate surface area is 154 Å². The van der Waals surface area contributed by atoms with Gasteiger partial charge >= 0.3 is 0 Å². The first-order valence-electron chi connectivity index (χ1n) is 7.78. The second-order valence-electron chi connectivity index (χ2n) is 5.48. The highest BCUT2D eigenvalue weighted by atomic mass is 32.1. The highest BCUT2D eigenvalue weighted by molar-refractivity contribution is 7.81. The van der Waals surface area contributed by atoms with Gasteiger partial charge in [-0.1, -0.05) is 37.3 Å². The van der Waals surface area contributed by atoms with E-state index < -0.39 is 0 Å². The summed E-state index contributed by atoms with van der Waals surface area (Å²) < 4.78 is 0. The molecule has 0 aliphatic rings. The predicted molar refractivity (Wildman–Crippen MR) is 110 cm³/mol. The molecule has 0 unspecified atom stereocenters. The number of benzene rings is 2. The summed E-state index contributed by atoms with van der Waals surface area (Å²) in [6, 6.07) is 14.2. The first-order chi connectivity index (χ1) is 11.5. The summed E-state index contributed by atoms with van der Waals surface area (Å²) in [5.41, 5.74) is 11.3. The summed E-state index contributed by atoms with van der Waals surface area (Å²) >= 11 is 10.6. The Balaban J connectivity index is 1.83. The van der Waals surface area contributed by atoms with Crippen LogP contribution in [0.25, 0.3) is 0 Å². The Bertz CT molecular complexity index is 706. The molecule has 0 amide bonds. The summed E-state index contributed by atoms with van der Waals surface area (Å²) in [5.74, 6) is 0. The number of para-hydroxylation sites is 1. The normalized spacial score (nSPS) is 9.96. The Morgan fingerprint density at radius 2 is 1.38 bits per heavy atom. The van der Waals surface area contributed by atoms with E-state index in [0.29, 0.717) is 10.2 Å². The molecule has 0 aromatic heterocycles. The number of anilines is 2. The third-order valence-electron chi connectivity index (χ3n) is 3.63. The maximum absolute atomic E-state index is 5.30. The van der Waals surface area contributed by atoms with E-state index in [9.17, 15) is 0 Å². The molecule has 0 radical (unpaired) electrons. The fourth-order valence-corrected chi connectivity index (χ4v) is 2.58. The molecule has 0 spiro atoms. The number of rotatable bonds is 3. The fraction of sp³-hybridized carbons (Fsp3) is 0.222. The topological polar surface area (TPSA) is 48.1 Å². The van der Waals surface area contributed by atoms with Crippen molar-refractivity contribution in [2.45, 2.75) is 27.2 Å². The van der Waals surface area contributed by atoms with E-state index in [4.69, 9.17) is 24.4 Å². The molecule has 0 bridgehead atoms. The van der Waals surface area contributed by atoms with E-state index in [1.165, 1.54) is 5.56 Å². The second-order valence-corrected chi connectivity index (χ2v) is 6.29.